The molecule has 0 saturated heterocycles. The van der Waals surface area contributed by atoms with Gasteiger partial charge in [-0.1, -0.05) is 6.92 Å². The van der Waals surface area contributed by atoms with Crippen molar-refractivity contribution in [2.24, 2.45) is 11.8 Å². The first kappa shape index (κ1) is 7.88. The lowest BCUT2D eigenvalue weighted by atomic mass is 10.2. The Morgan fingerprint density at radius 2 is 2.38 bits per heavy atom. The van der Waals surface area contributed by atoms with Gasteiger partial charge in [0, 0.05) is 13.7 Å². The van der Waals surface area contributed by atoms with Crippen LogP contribution < -0.4 is 11.3 Å². The van der Waals surface area contributed by atoms with E-state index in [1.54, 1.807) is 7.11 Å². The summed E-state index contributed by atoms with van der Waals surface area (Å²) in [7, 11) is 1.69. The van der Waals surface area contributed by atoms with Crippen molar-refractivity contribution >= 4 is 0 Å². The number of nitrogens with one attached hydrogen (secondary N) is 1. The van der Waals surface area contributed by atoms with E-state index < -0.39 is 0 Å². The van der Waals surface area contributed by atoms with Crippen molar-refractivity contribution in [2.75, 3.05) is 20.3 Å². The first-order valence-corrected chi connectivity index (χ1v) is 2.73. The summed E-state index contributed by atoms with van der Waals surface area (Å²) in [6.45, 7) is 3.65. The molecule has 1 unspecified atom stereocenters. The van der Waals surface area contributed by atoms with Crippen LogP contribution in [-0.2, 0) is 4.74 Å². The Balaban J connectivity index is 2.92. The fourth-order valence-electron chi connectivity index (χ4n) is 0.545. The number of nitrogens with two attached hydrogens (primary N) is 1. The van der Waals surface area contributed by atoms with Crippen molar-refractivity contribution in [2.45, 2.75) is 6.92 Å². The zero-order valence-electron chi connectivity index (χ0n) is 5.48. The van der Waals surface area contributed by atoms with Crippen LogP contribution >= 0.6 is 0 Å². The molecule has 0 rings (SSSR count). The van der Waals surface area contributed by atoms with Crippen LogP contribution in [0.2, 0.25) is 0 Å². The van der Waals surface area contributed by atoms with E-state index in [1.807, 2.05) is 0 Å². The quantitative estimate of drug-likeness (QED) is 0.394. The summed E-state index contributed by atoms with van der Waals surface area (Å²) in [4.78, 5) is 0. The normalized spacial score (nSPS) is 13.9. The molecule has 0 aliphatic heterocycles. The molecule has 0 aromatic rings. The Morgan fingerprint density at radius 1 is 1.75 bits per heavy atom. The molecule has 0 aliphatic carbocycles. The van der Waals surface area contributed by atoms with Gasteiger partial charge in [-0.05, 0) is 5.92 Å². The minimum atomic E-state index is 0.505. The molecule has 0 saturated carbocycles. The molecule has 0 aromatic carbocycles. The van der Waals surface area contributed by atoms with Crippen LogP contribution in [0.15, 0.2) is 0 Å². The van der Waals surface area contributed by atoms with Crippen LogP contribution in [0.1, 0.15) is 6.92 Å². The van der Waals surface area contributed by atoms with Crippen LogP contribution in [0, 0.1) is 5.92 Å². The molecule has 1 atom stereocenters. The number of ether oxygens (including phenoxy) is 1. The zero-order valence-corrected chi connectivity index (χ0v) is 5.48. The topological polar surface area (TPSA) is 47.3 Å². The predicted octanol–water partition coefficient (Wildman–Crippen LogP) is -0.268. The molecule has 3 N–H and O–H groups in total. The summed E-state index contributed by atoms with van der Waals surface area (Å²) < 4.78 is 4.86. The molecule has 50 valence electrons. The first-order chi connectivity index (χ1) is 3.81. The summed E-state index contributed by atoms with van der Waals surface area (Å²) in [5.74, 6) is 5.56. The van der Waals surface area contributed by atoms with Crippen LogP contribution in [-0.4, -0.2) is 20.3 Å². The zero-order chi connectivity index (χ0) is 6.41. The molecule has 3 heteroatoms. The molecule has 0 spiro atoms. The lowest BCUT2D eigenvalue weighted by Crippen LogP contribution is -2.29. The van der Waals surface area contributed by atoms with Crippen LogP contribution in [0.5, 0.6) is 0 Å². The average molecular weight is 118 g/mol. The van der Waals surface area contributed by atoms with Gasteiger partial charge in [-0.15, -0.1) is 0 Å². The summed E-state index contributed by atoms with van der Waals surface area (Å²) in [6, 6.07) is 0. The second-order valence-electron chi connectivity index (χ2n) is 1.97. The summed E-state index contributed by atoms with van der Waals surface area (Å²) in [5.41, 5.74) is 2.57. The molecule has 8 heavy (non-hydrogen) atoms. The third-order valence-electron chi connectivity index (χ3n) is 0.917. The van der Waals surface area contributed by atoms with E-state index >= 15 is 0 Å². The molecular formula is C5H14N2O. The maximum Gasteiger partial charge on any atom is 0.0500 e. The van der Waals surface area contributed by atoms with Gasteiger partial charge in [0.1, 0.15) is 0 Å². The molecule has 0 bridgehead atoms. The Labute approximate surface area is 50.2 Å². The number of hydrogen-bond acceptors (Lipinski definition) is 3. The lowest BCUT2D eigenvalue weighted by molar-refractivity contribution is 0.158. The first-order valence-electron chi connectivity index (χ1n) is 2.73. The number of hydrazine groups is 1. The van der Waals surface area contributed by atoms with E-state index in [1.165, 1.54) is 0 Å². The highest BCUT2D eigenvalue weighted by molar-refractivity contribution is 4.49. The fourth-order valence-corrected chi connectivity index (χ4v) is 0.545. The highest BCUT2D eigenvalue weighted by atomic mass is 16.5. The molecular weight excluding hydrogens is 104 g/mol. The van der Waals surface area contributed by atoms with Gasteiger partial charge in [-0.2, -0.15) is 0 Å². The van der Waals surface area contributed by atoms with E-state index in [9.17, 15) is 0 Å². The van der Waals surface area contributed by atoms with E-state index in [4.69, 9.17) is 10.6 Å². The van der Waals surface area contributed by atoms with Crippen molar-refractivity contribution in [3.8, 4) is 0 Å². The molecule has 0 fully saturated rings. The van der Waals surface area contributed by atoms with Gasteiger partial charge < -0.3 is 4.74 Å². The third-order valence-corrected chi connectivity index (χ3v) is 0.917. The van der Waals surface area contributed by atoms with E-state index in [2.05, 4.69) is 12.3 Å². The summed E-state index contributed by atoms with van der Waals surface area (Å²) in [5, 5.41) is 0. The average Bonchev–Trinajstić information content (AvgIpc) is 1.68. The van der Waals surface area contributed by atoms with Crippen molar-refractivity contribution in [3.63, 3.8) is 0 Å². The van der Waals surface area contributed by atoms with Gasteiger partial charge in [0.15, 0.2) is 0 Å². The highest BCUT2D eigenvalue weighted by Gasteiger charge is 1.96. The highest BCUT2D eigenvalue weighted by Crippen LogP contribution is 1.89. The van der Waals surface area contributed by atoms with Gasteiger partial charge in [-0.3, -0.25) is 11.3 Å². The lowest BCUT2D eigenvalue weighted by Gasteiger charge is -2.06. The SMILES string of the molecule is COCC(C)CNN. The minimum absolute atomic E-state index is 0.505. The second-order valence-corrected chi connectivity index (χ2v) is 1.97. The Kier molecular flexibility index (Phi) is 4.95. The number of methoxy groups -OCH3 is 1. The van der Waals surface area contributed by atoms with Gasteiger partial charge >= 0.3 is 0 Å². The number of rotatable bonds is 4. The van der Waals surface area contributed by atoms with Crippen LogP contribution in [0.4, 0.5) is 0 Å². The van der Waals surface area contributed by atoms with Crippen molar-refractivity contribution < 1.29 is 4.74 Å². The molecule has 0 radical (unpaired) electrons. The molecule has 0 aromatic heterocycles. The minimum Gasteiger partial charge on any atom is -0.384 e. The maximum atomic E-state index is 5.05. The second kappa shape index (κ2) is 5.03. The maximum absolute atomic E-state index is 5.05. The predicted molar refractivity (Wildman–Crippen MR) is 33.2 cm³/mol. The third kappa shape index (κ3) is 4.05. The van der Waals surface area contributed by atoms with Crippen LogP contribution in [0.25, 0.3) is 0 Å². The number of hydrogen-bond donors (Lipinski definition) is 2. The monoisotopic (exact) mass is 118 g/mol. The Hall–Kier alpha value is -0.120. The summed E-state index contributed by atoms with van der Waals surface area (Å²) in [6.07, 6.45) is 0. The van der Waals surface area contributed by atoms with E-state index in [0.29, 0.717) is 5.92 Å². The molecule has 0 amide bonds. The summed E-state index contributed by atoms with van der Waals surface area (Å²) >= 11 is 0. The van der Waals surface area contributed by atoms with Crippen LogP contribution in [0.3, 0.4) is 0 Å². The molecule has 0 heterocycles. The van der Waals surface area contributed by atoms with Gasteiger partial charge in [0.25, 0.3) is 0 Å². The van der Waals surface area contributed by atoms with Gasteiger partial charge in [0.05, 0.1) is 6.61 Å². The fraction of sp³-hybridized carbons (Fsp3) is 1.00. The Bertz CT molecular complexity index is 43.7. The van der Waals surface area contributed by atoms with E-state index in [-0.39, 0.29) is 0 Å². The largest absolute Gasteiger partial charge is 0.384 e. The molecule has 0 aliphatic rings. The smallest absolute Gasteiger partial charge is 0.0500 e. The van der Waals surface area contributed by atoms with Gasteiger partial charge in [0.2, 0.25) is 0 Å². The van der Waals surface area contributed by atoms with Crippen molar-refractivity contribution in [1.29, 1.82) is 0 Å². The van der Waals surface area contributed by atoms with Crippen molar-refractivity contribution in [1.82, 2.24) is 5.43 Å². The standard InChI is InChI=1S/C5H14N2O/c1-5(3-7-6)4-8-2/h5,7H,3-4,6H2,1-2H3. The van der Waals surface area contributed by atoms with Gasteiger partial charge in [-0.25, -0.2) is 0 Å². The van der Waals surface area contributed by atoms with E-state index in [0.717, 1.165) is 13.2 Å². The molecule has 3 nitrogen and oxygen atoms in total. The Morgan fingerprint density at radius 3 is 2.75 bits per heavy atom. The van der Waals surface area contributed by atoms with Crippen molar-refractivity contribution in [3.05, 3.63) is 0 Å².